The number of rotatable bonds is 4. The highest BCUT2D eigenvalue weighted by Gasteiger charge is 1.91. The standard InChI is InChI=1S/C9H12N2S2/c1-13-9-10-6-8(7-11-9)4-2-3-5-12/h2,4,6-7,12H,3,5H2,1H3. The zero-order valence-electron chi connectivity index (χ0n) is 7.47. The molecule has 0 atom stereocenters. The van der Waals surface area contributed by atoms with E-state index in [4.69, 9.17) is 0 Å². The summed E-state index contributed by atoms with van der Waals surface area (Å²) in [7, 11) is 0. The maximum absolute atomic E-state index is 4.16. The van der Waals surface area contributed by atoms with Crippen LogP contribution in [-0.4, -0.2) is 22.0 Å². The summed E-state index contributed by atoms with van der Waals surface area (Å²) < 4.78 is 0. The van der Waals surface area contributed by atoms with Crippen LogP contribution in [0, 0.1) is 0 Å². The second-order valence-corrected chi connectivity index (χ2v) is 3.64. The Bertz CT molecular complexity index is 269. The third kappa shape index (κ3) is 3.83. The molecule has 0 N–H and O–H groups in total. The fourth-order valence-corrected chi connectivity index (χ4v) is 1.28. The highest BCUT2D eigenvalue weighted by molar-refractivity contribution is 7.98. The molecular weight excluding hydrogens is 200 g/mol. The van der Waals surface area contributed by atoms with Gasteiger partial charge in [0, 0.05) is 18.0 Å². The molecule has 0 aliphatic rings. The Morgan fingerprint density at radius 1 is 1.46 bits per heavy atom. The summed E-state index contributed by atoms with van der Waals surface area (Å²) >= 11 is 5.66. The summed E-state index contributed by atoms with van der Waals surface area (Å²) in [5, 5.41) is 0.811. The van der Waals surface area contributed by atoms with Crippen molar-refractivity contribution in [3.63, 3.8) is 0 Å². The van der Waals surface area contributed by atoms with Gasteiger partial charge in [-0.1, -0.05) is 23.9 Å². The van der Waals surface area contributed by atoms with Crippen LogP contribution in [0.5, 0.6) is 0 Å². The molecule has 13 heavy (non-hydrogen) atoms. The predicted molar refractivity (Wildman–Crippen MR) is 61.3 cm³/mol. The van der Waals surface area contributed by atoms with Gasteiger partial charge >= 0.3 is 0 Å². The Kier molecular flexibility index (Phi) is 4.93. The fourth-order valence-electron chi connectivity index (χ4n) is 0.812. The summed E-state index contributed by atoms with van der Waals surface area (Å²) in [5.74, 6) is 0.875. The normalized spacial score (nSPS) is 10.9. The number of thioether (sulfide) groups is 1. The van der Waals surface area contributed by atoms with Gasteiger partial charge in [0.05, 0.1) is 0 Å². The van der Waals surface area contributed by atoms with Crippen molar-refractivity contribution < 1.29 is 0 Å². The zero-order chi connectivity index (χ0) is 9.52. The van der Waals surface area contributed by atoms with Gasteiger partial charge in [0.2, 0.25) is 0 Å². The first-order valence-electron chi connectivity index (χ1n) is 4.00. The zero-order valence-corrected chi connectivity index (χ0v) is 9.18. The highest BCUT2D eigenvalue weighted by Crippen LogP contribution is 2.08. The number of hydrogen-bond acceptors (Lipinski definition) is 4. The van der Waals surface area contributed by atoms with Crippen molar-refractivity contribution in [2.45, 2.75) is 11.6 Å². The second kappa shape index (κ2) is 6.05. The van der Waals surface area contributed by atoms with E-state index in [0.29, 0.717) is 0 Å². The van der Waals surface area contributed by atoms with E-state index in [2.05, 4.69) is 28.7 Å². The first-order chi connectivity index (χ1) is 6.36. The van der Waals surface area contributed by atoms with Gasteiger partial charge in [0.15, 0.2) is 5.16 Å². The monoisotopic (exact) mass is 212 g/mol. The van der Waals surface area contributed by atoms with Crippen LogP contribution >= 0.6 is 24.4 Å². The molecule has 4 heteroatoms. The molecule has 0 unspecified atom stereocenters. The number of thiol groups is 1. The van der Waals surface area contributed by atoms with E-state index in [0.717, 1.165) is 22.9 Å². The summed E-state index contributed by atoms with van der Waals surface area (Å²) in [6.45, 7) is 0. The third-order valence-corrected chi connectivity index (χ3v) is 2.27. The smallest absolute Gasteiger partial charge is 0.187 e. The summed E-state index contributed by atoms with van der Waals surface area (Å²) in [6.07, 6.45) is 10.7. The minimum absolute atomic E-state index is 0.811. The van der Waals surface area contributed by atoms with Crippen LogP contribution in [0.15, 0.2) is 23.6 Å². The highest BCUT2D eigenvalue weighted by atomic mass is 32.2. The first-order valence-corrected chi connectivity index (χ1v) is 5.86. The van der Waals surface area contributed by atoms with E-state index >= 15 is 0 Å². The van der Waals surface area contributed by atoms with E-state index in [1.165, 1.54) is 0 Å². The molecule has 0 amide bonds. The average molecular weight is 212 g/mol. The minimum atomic E-state index is 0.811. The molecule has 1 aromatic rings. The summed E-state index contributed by atoms with van der Waals surface area (Å²) in [6, 6.07) is 0. The molecule has 70 valence electrons. The molecule has 1 aromatic heterocycles. The van der Waals surface area contributed by atoms with E-state index in [-0.39, 0.29) is 0 Å². The molecule has 0 saturated carbocycles. The molecule has 0 radical (unpaired) electrons. The van der Waals surface area contributed by atoms with Crippen LogP contribution in [0.25, 0.3) is 6.08 Å². The Hall–Kier alpha value is -0.480. The lowest BCUT2D eigenvalue weighted by Gasteiger charge is -1.94. The molecule has 1 heterocycles. The van der Waals surface area contributed by atoms with Crippen LogP contribution in [-0.2, 0) is 0 Å². The summed E-state index contributed by atoms with van der Waals surface area (Å²) in [4.78, 5) is 8.31. The Balaban J connectivity index is 2.58. The van der Waals surface area contributed by atoms with Crippen molar-refractivity contribution in [2.75, 3.05) is 12.0 Å². The molecule has 0 aromatic carbocycles. The van der Waals surface area contributed by atoms with Crippen molar-refractivity contribution >= 4 is 30.5 Å². The number of aromatic nitrogens is 2. The lowest BCUT2D eigenvalue weighted by molar-refractivity contribution is 0.965. The van der Waals surface area contributed by atoms with Crippen LogP contribution in [0.3, 0.4) is 0 Å². The van der Waals surface area contributed by atoms with Crippen molar-refractivity contribution in [2.24, 2.45) is 0 Å². The molecule has 0 bridgehead atoms. The van der Waals surface area contributed by atoms with Gasteiger partial charge in [0.25, 0.3) is 0 Å². The fraction of sp³-hybridized carbons (Fsp3) is 0.333. The Morgan fingerprint density at radius 2 is 2.15 bits per heavy atom. The summed E-state index contributed by atoms with van der Waals surface area (Å²) in [5.41, 5.74) is 1.04. The van der Waals surface area contributed by atoms with Gasteiger partial charge < -0.3 is 0 Å². The molecule has 2 nitrogen and oxygen atoms in total. The van der Waals surface area contributed by atoms with Crippen molar-refractivity contribution in [3.8, 4) is 0 Å². The van der Waals surface area contributed by atoms with Gasteiger partial charge in [-0.05, 0) is 18.4 Å². The van der Waals surface area contributed by atoms with Crippen molar-refractivity contribution in [3.05, 3.63) is 24.0 Å². The van der Waals surface area contributed by atoms with E-state index < -0.39 is 0 Å². The average Bonchev–Trinajstić information content (AvgIpc) is 2.19. The quantitative estimate of drug-likeness (QED) is 0.472. The second-order valence-electron chi connectivity index (χ2n) is 2.42. The van der Waals surface area contributed by atoms with Crippen molar-refractivity contribution in [1.29, 1.82) is 0 Å². The van der Waals surface area contributed by atoms with Gasteiger partial charge in [-0.3, -0.25) is 0 Å². The van der Waals surface area contributed by atoms with E-state index in [9.17, 15) is 0 Å². The van der Waals surface area contributed by atoms with Crippen molar-refractivity contribution in [1.82, 2.24) is 9.97 Å². The molecule has 0 saturated heterocycles. The molecular formula is C9H12N2S2. The third-order valence-electron chi connectivity index (χ3n) is 1.44. The van der Waals surface area contributed by atoms with Crippen LogP contribution in [0.4, 0.5) is 0 Å². The first kappa shape index (κ1) is 10.6. The number of allylic oxidation sites excluding steroid dienone is 1. The maximum Gasteiger partial charge on any atom is 0.187 e. The van der Waals surface area contributed by atoms with Crippen LogP contribution < -0.4 is 0 Å². The Labute approximate surface area is 88.3 Å². The van der Waals surface area contributed by atoms with Gasteiger partial charge in [-0.25, -0.2) is 9.97 Å². The van der Waals surface area contributed by atoms with Crippen LogP contribution in [0.2, 0.25) is 0 Å². The lowest BCUT2D eigenvalue weighted by atomic mass is 10.3. The molecule has 0 aliphatic carbocycles. The SMILES string of the molecule is CSc1ncc(C=CCCS)cn1. The minimum Gasteiger partial charge on any atom is -0.231 e. The molecule has 0 spiro atoms. The van der Waals surface area contributed by atoms with E-state index in [1.807, 2.05) is 24.7 Å². The van der Waals surface area contributed by atoms with Gasteiger partial charge in [-0.15, -0.1) is 0 Å². The van der Waals surface area contributed by atoms with Crippen LogP contribution in [0.1, 0.15) is 12.0 Å². The molecule has 0 fully saturated rings. The Morgan fingerprint density at radius 3 is 2.69 bits per heavy atom. The number of hydrogen-bond donors (Lipinski definition) is 1. The van der Waals surface area contributed by atoms with Gasteiger partial charge in [0.1, 0.15) is 0 Å². The lowest BCUT2D eigenvalue weighted by Crippen LogP contribution is -1.85. The van der Waals surface area contributed by atoms with E-state index in [1.54, 1.807) is 11.8 Å². The molecule has 0 aliphatic heterocycles. The molecule has 1 rings (SSSR count). The number of nitrogens with zero attached hydrogens (tertiary/aromatic N) is 2. The van der Waals surface area contributed by atoms with Gasteiger partial charge in [-0.2, -0.15) is 12.6 Å². The predicted octanol–water partition coefficient (Wildman–Crippen LogP) is 2.53. The largest absolute Gasteiger partial charge is 0.231 e. The maximum atomic E-state index is 4.16. The topological polar surface area (TPSA) is 25.8 Å².